The molecule has 0 aliphatic heterocycles. The Morgan fingerprint density at radius 1 is 1.00 bits per heavy atom. The zero-order valence-electron chi connectivity index (χ0n) is 8.08. The third-order valence-corrected chi connectivity index (χ3v) is 3.10. The average molecular weight is 282 g/mol. The highest BCUT2D eigenvalue weighted by atomic mass is 79.9. The minimum atomic E-state index is 0.831. The van der Waals surface area contributed by atoms with Crippen LogP contribution in [0.4, 0.5) is 0 Å². The molecular weight excluding hydrogens is 271 g/mol. The molecule has 0 spiro atoms. The van der Waals surface area contributed by atoms with Gasteiger partial charge in [-0.3, -0.25) is 0 Å². The molecular formula is C13H10BrCl. The summed E-state index contributed by atoms with van der Waals surface area (Å²) >= 11 is 9.56. The van der Waals surface area contributed by atoms with Crippen LogP contribution in [0.1, 0.15) is 11.1 Å². The summed E-state index contributed by atoms with van der Waals surface area (Å²) in [5, 5.41) is 0.831. The third-order valence-electron chi connectivity index (χ3n) is 2.24. The number of hydrogen-bond acceptors (Lipinski definition) is 0. The first-order chi connectivity index (χ1) is 7.25. The molecule has 0 nitrogen and oxygen atoms in total. The predicted molar refractivity (Wildman–Crippen MR) is 68.4 cm³/mol. The van der Waals surface area contributed by atoms with E-state index in [9.17, 15) is 0 Å². The fourth-order valence-corrected chi connectivity index (χ4v) is 2.16. The SMILES string of the molecule is Clc1ccccc1Cc1cccc(Br)c1. The molecule has 2 rings (SSSR count). The highest BCUT2D eigenvalue weighted by Crippen LogP contribution is 2.20. The second-order valence-corrected chi connectivity index (χ2v) is 4.72. The molecule has 0 aromatic heterocycles. The molecule has 0 saturated heterocycles. The van der Waals surface area contributed by atoms with Crippen LogP contribution in [0.3, 0.4) is 0 Å². The van der Waals surface area contributed by atoms with Crippen molar-refractivity contribution in [1.29, 1.82) is 0 Å². The van der Waals surface area contributed by atoms with Gasteiger partial charge in [-0.2, -0.15) is 0 Å². The summed E-state index contributed by atoms with van der Waals surface area (Å²) in [4.78, 5) is 0. The molecule has 0 radical (unpaired) electrons. The fourth-order valence-electron chi connectivity index (χ4n) is 1.51. The molecule has 0 unspecified atom stereocenters. The van der Waals surface area contributed by atoms with Crippen molar-refractivity contribution in [2.75, 3.05) is 0 Å². The van der Waals surface area contributed by atoms with Gasteiger partial charge < -0.3 is 0 Å². The lowest BCUT2D eigenvalue weighted by atomic mass is 10.1. The molecule has 2 aromatic rings. The number of hydrogen-bond donors (Lipinski definition) is 0. The van der Waals surface area contributed by atoms with Gasteiger partial charge in [0, 0.05) is 9.50 Å². The molecule has 0 bridgehead atoms. The monoisotopic (exact) mass is 280 g/mol. The van der Waals surface area contributed by atoms with Crippen molar-refractivity contribution in [3.63, 3.8) is 0 Å². The Morgan fingerprint density at radius 2 is 1.80 bits per heavy atom. The Morgan fingerprint density at radius 3 is 2.53 bits per heavy atom. The molecule has 0 aliphatic rings. The van der Waals surface area contributed by atoms with Gasteiger partial charge in [0.1, 0.15) is 0 Å². The van der Waals surface area contributed by atoms with Gasteiger partial charge in [0.05, 0.1) is 0 Å². The van der Waals surface area contributed by atoms with Gasteiger partial charge in [0.2, 0.25) is 0 Å². The van der Waals surface area contributed by atoms with E-state index in [1.165, 1.54) is 5.56 Å². The van der Waals surface area contributed by atoms with E-state index in [-0.39, 0.29) is 0 Å². The molecule has 2 aromatic carbocycles. The first kappa shape index (κ1) is 10.7. The van der Waals surface area contributed by atoms with Crippen LogP contribution in [0.15, 0.2) is 53.0 Å². The maximum absolute atomic E-state index is 6.10. The lowest BCUT2D eigenvalue weighted by Crippen LogP contribution is -1.88. The molecule has 0 heterocycles. The topological polar surface area (TPSA) is 0 Å². The lowest BCUT2D eigenvalue weighted by Gasteiger charge is -2.04. The summed E-state index contributed by atoms with van der Waals surface area (Å²) in [5.41, 5.74) is 2.43. The minimum Gasteiger partial charge on any atom is -0.0840 e. The van der Waals surface area contributed by atoms with E-state index in [2.05, 4.69) is 34.1 Å². The smallest absolute Gasteiger partial charge is 0.0441 e. The first-order valence-electron chi connectivity index (χ1n) is 4.73. The molecule has 76 valence electrons. The van der Waals surface area contributed by atoms with Crippen molar-refractivity contribution in [2.24, 2.45) is 0 Å². The quantitative estimate of drug-likeness (QED) is 0.749. The highest BCUT2D eigenvalue weighted by molar-refractivity contribution is 9.10. The van der Waals surface area contributed by atoms with Crippen LogP contribution in [0.2, 0.25) is 5.02 Å². The molecule has 0 aliphatic carbocycles. The fraction of sp³-hybridized carbons (Fsp3) is 0.0769. The molecule has 15 heavy (non-hydrogen) atoms. The van der Waals surface area contributed by atoms with Crippen molar-refractivity contribution in [1.82, 2.24) is 0 Å². The second kappa shape index (κ2) is 4.82. The molecule has 0 atom stereocenters. The molecule has 2 heteroatoms. The normalized spacial score (nSPS) is 10.3. The molecule has 0 N–H and O–H groups in total. The van der Waals surface area contributed by atoms with Crippen molar-refractivity contribution in [2.45, 2.75) is 6.42 Å². The van der Waals surface area contributed by atoms with E-state index < -0.39 is 0 Å². The van der Waals surface area contributed by atoms with Crippen molar-refractivity contribution < 1.29 is 0 Å². The Bertz CT molecular complexity index is 466. The standard InChI is InChI=1S/C13H10BrCl/c14-12-6-3-4-10(9-12)8-11-5-1-2-7-13(11)15/h1-7,9H,8H2. The summed E-state index contributed by atoms with van der Waals surface area (Å²) in [5.74, 6) is 0. The maximum atomic E-state index is 6.10. The van der Waals surface area contributed by atoms with Crippen molar-refractivity contribution in [3.8, 4) is 0 Å². The van der Waals surface area contributed by atoms with Crippen LogP contribution < -0.4 is 0 Å². The lowest BCUT2D eigenvalue weighted by molar-refractivity contribution is 1.19. The van der Waals surface area contributed by atoms with Crippen molar-refractivity contribution >= 4 is 27.5 Å². The van der Waals surface area contributed by atoms with Gasteiger partial charge in [-0.15, -0.1) is 0 Å². The first-order valence-corrected chi connectivity index (χ1v) is 5.90. The molecule has 0 saturated carbocycles. The van der Waals surface area contributed by atoms with Gasteiger partial charge in [-0.05, 0) is 35.7 Å². The van der Waals surface area contributed by atoms with Gasteiger partial charge in [-0.25, -0.2) is 0 Å². The van der Waals surface area contributed by atoms with E-state index in [1.807, 2.05) is 30.3 Å². The Kier molecular flexibility index (Phi) is 3.45. The average Bonchev–Trinajstić information content (AvgIpc) is 2.22. The number of rotatable bonds is 2. The van der Waals surface area contributed by atoms with Gasteiger partial charge in [-0.1, -0.05) is 57.9 Å². The zero-order chi connectivity index (χ0) is 10.7. The molecule has 0 amide bonds. The van der Waals surface area contributed by atoms with Crippen LogP contribution in [0.5, 0.6) is 0 Å². The van der Waals surface area contributed by atoms with E-state index >= 15 is 0 Å². The maximum Gasteiger partial charge on any atom is 0.0441 e. The number of benzene rings is 2. The summed E-state index contributed by atoms with van der Waals surface area (Å²) in [6, 6.07) is 16.2. The summed E-state index contributed by atoms with van der Waals surface area (Å²) in [6.45, 7) is 0. The molecule has 0 fully saturated rings. The van der Waals surface area contributed by atoms with E-state index in [1.54, 1.807) is 0 Å². The van der Waals surface area contributed by atoms with Crippen LogP contribution in [0, 0.1) is 0 Å². The third kappa shape index (κ3) is 2.83. The van der Waals surface area contributed by atoms with Crippen LogP contribution in [-0.4, -0.2) is 0 Å². The zero-order valence-corrected chi connectivity index (χ0v) is 10.4. The van der Waals surface area contributed by atoms with E-state index in [4.69, 9.17) is 11.6 Å². The van der Waals surface area contributed by atoms with E-state index in [0.29, 0.717) is 0 Å². The highest BCUT2D eigenvalue weighted by Gasteiger charge is 2.00. The Hall–Kier alpha value is -0.790. The van der Waals surface area contributed by atoms with E-state index in [0.717, 1.165) is 21.5 Å². The Balaban J connectivity index is 2.26. The van der Waals surface area contributed by atoms with Crippen LogP contribution in [0.25, 0.3) is 0 Å². The van der Waals surface area contributed by atoms with Gasteiger partial charge in [0.25, 0.3) is 0 Å². The predicted octanol–water partition coefficient (Wildman–Crippen LogP) is 4.69. The van der Waals surface area contributed by atoms with Gasteiger partial charge >= 0.3 is 0 Å². The van der Waals surface area contributed by atoms with Gasteiger partial charge in [0.15, 0.2) is 0 Å². The second-order valence-electron chi connectivity index (χ2n) is 3.40. The minimum absolute atomic E-state index is 0.831. The van der Waals surface area contributed by atoms with Crippen LogP contribution in [-0.2, 0) is 6.42 Å². The Labute approximate surface area is 103 Å². The number of halogens is 2. The summed E-state index contributed by atoms with van der Waals surface area (Å²) < 4.78 is 1.10. The summed E-state index contributed by atoms with van der Waals surface area (Å²) in [7, 11) is 0. The van der Waals surface area contributed by atoms with Crippen molar-refractivity contribution in [3.05, 3.63) is 69.2 Å². The summed E-state index contributed by atoms with van der Waals surface area (Å²) in [6.07, 6.45) is 0.874. The van der Waals surface area contributed by atoms with Crippen LogP contribution >= 0.6 is 27.5 Å². The largest absolute Gasteiger partial charge is 0.0840 e.